The highest BCUT2D eigenvalue weighted by molar-refractivity contribution is 5.84. The Hall–Kier alpha value is -1.93. The topological polar surface area (TPSA) is 24.9 Å². The van der Waals surface area contributed by atoms with Crippen molar-refractivity contribution < 1.29 is 0 Å². The minimum Gasteiger partial charge on any atom is -0.313 e. The van der Waals surface area contributed by atoms with E-state index in [0.29, 0.717) is 0 Å². The Bertz CT molecular complexity index is 628. The molecule has 2 heterocycles. The van der Waals surface area contributed by atoms with Gasteiger partial charge in [0.15, 0.2) is 0 Å². The first-order valence-corrected chi connectivity index (χ1v) is 7.39. The Balaban J connectivity index is 2.02. The molecule has 2 nitrogen and oxygen atoms in total. The first-order chi connectivity index (χ1) is 9.93. The molecule has 0 bridgehead atoms. The highest BCUT2D eigenvalue weighted by atomic mass is 14.9. The maximum Gasteiger partial charge on any atom is 0.0740 e. The van der Waals surface area contributed by atoms with Gasteiger partial charge in [-0.05, 0) is 54.1 Å². The van der Waals surface area contributed by atoms with E-state index in [1.54, 1.807) is 0 Å². The van der Waals surface area contributed by atoms with E-state index in [2.05, 4.69) is 41.7 Å². The molecule has 0 amide bonds. The molecule has 2 heteroatoms. The van der Waals surface area contributed by atoms with Crippen LogP contribution in [0.1, 0.15) is 28.8 Å². The lowest BCUT2D eigenvalue weighted by Gasteiger charge is -2.13. The predicted molar refractivity (Wildman–Crippen MR) is 81.6 cm³/mol. The molecule has 4 rings (SSSR count). The zero-order valence-corrected chi connectivity index (χ0v) is 11.5. The Morgan fingerprint density at radius 3 is 2.65 bits per heavy atom. The fourth-order valence-corrected chi connectivity index (χ4v) is 3.38. The Morgan fingerprint density at radius 1 is 0.900 bits per heavy atom. The van der Waals surface area contributed by atoms with Gasteiger partial charge in [-0.15, -0.1) is 0 Å². The fourth-order valence-electron chi connectivity index (χ4n) is 3.38. The SMILES string of the molecule is c1ccc2c(c1)CCc1cccnc1/C2=C1\CCNC1. The largest absolute Gasteiger partial charge is 0.313 e. The van der Waals surface area contributed by atoms with Crippen LogP contribution in [-0.2, 0) is 12.8 Å². The summed E-state index contributed by atoms with van der Waals surface area (Å²) in [7, 11) is 0. The van der Waals surface area contributed by atoms with Crippen molar-refractivity contribution in [1.29, 1.82) is 0 Å². The quantitative estimate of drug-likeness (QED) is 0.789. The molecule has 100 valence electrons. The number of nitrogens with zero attached hydrogens (tertiary/aromatic N) is 1. The van der Waals surface area contributed by atoms with E-state index < -0.39 is 0 Å². The van der Waals surface area contributed by atoms with Gasteiger partial charge in [0.25, 0.3) is 0 Å². The van der Waals surface area contributed by atoms with Gasteiger partial charge in [-0.3, -0.25) is 4.98 Å². The summed E-state index contributed by atoms with van der Waals surface area (Å²) in [6, 6.07) is 13.1. The minimum absolute atomic E-state index is 1.000. The summed E-state index contributed by atoms with van der Waals surface area (Å²) >= 11 is 0. The van der Waals surface area contributed by atoms with Crippen molar-refractivity contribution in [3.05, 3.63) is 70.6 Å². The van der Waals surface area contributed by atoms with Gasteiger partial charge in [0.1, 0.15) is 0 Å². The Kier molecular flexibility index (Phi) is 2.89. The lowest BCUT2D eigenvalue weighted by molar-refractivity contribution is 0.862. The van der Waals surface area contributed by atoms with Crippen LogP contribution in [0.4, 0.5) is 0 Å². The molecule has 0 spiro atoms. The van der Waals surface area contributed by atoms with Crippen LogP contribution in [0.5, 0.6) is 0 Å². The normalized spacial score (nSPS) is 21.2. The molecule has 1 aliphatic heterocycles. The molecule has 2 aliphatic rings. The average Bonchev–Trinajstić information content (AvgIpc) is 2.96. The molecule has 1 aromatic carbocycles. The van der Waals surface area contributed by atoms with Gasteiger partial charge in [0.05, 0.1) is 5.69 Å². The smallest absolute Gasteiger partial charge is 0.0740 e. The number of fused-ring (bicyclic) bond motifs is 2. The van der Waals surface area contributed by atoms with Crippen LogP contribution in [0.25, 0.3) is 5.57 Å². The Labute approximate surface area is 119 Å². The van der Waals surface area contributed by atoms with Gasteiger partial charge in [-0.2, -0.15) is 0 Å². The van der Waals surface area contributed by atoms with Crippen LogP contribution in [0.15, 0.2) is 48.2 Å². The first-order valence-electron chi connectivity index (χ1n) is 7.39. The molecule has 2 aromatic rings. The number of pyridine rings is 1. The van der Waals surface area contributed by atoms with Crippen LogP contribution in [0.3, 0.4) is 0 Å². The number of aromatic nitrogens is 1. The first kappa shape index (κ1) is 11.9. The zero-order valence-electron chi connectivity index (χ0n) is 11.5. The summed E-state index contributed by atoms with van der Waals surface area (Å²) in [5, 5.41) is 3.47. The molecular weight excluding hydrogens is 244 g/mol. The molecular formula is C18H18N2. The number of hydrogen-bond donors (Lipinski definition) is 1. The number of hydrogen-bond acceptors (Lipinski definition) is 2. The summed E-state index contributed by atoms with van der Waals surface area (Å²) in [5.74, 6) is 0. The van der Waals surface area contributed by atoms with E-state index in [1.165, 1.54) is 33.5 Å². The fraction of sp³-hybridized carbons (Fsp3) is 0.278. The summed E-state index contributed by atoms with van der Waals surface area (Å²) < 4.78 is 0. The summed E-state index contributed by atoms with van der Waals surface area (Å²) in [6.45, 7) is 2.09. The maximum absolute atomic E-state index is 4.72. The third kappa shape index (κ3) is 1.88. The molecule has 1 saturated heterocycles. The van der Waals surface area contributed by atoms with E-state index in [9.17, 15) is 0 Å². The molecule has 0 atom stereocenters. The van der Waals surface area contributed by atoms with E-state index in [-0.39, 0.29) is 0 Å². The van der Waals surface area contributed by atoms with E-state index in [4.69, 9.17) is 4.98 Å². The molecule has 0 saturated carbocycles. The molecule has 0 unspecified atom stereocenters. The van der Waals surface area contributed by atoms with Gasteiger partial charge in [0.2, 0.25) is 0 Å². The molecule has 1 fully saturated rings. The molecule has 1 aromatic heterocycles. The lowest BCUT2D eigenvalue weighted by atomic mass is 9.92. The third-order valence-electron chi connectivity index (χ3n) is 4.37. The van der Waals surface area contributed by atoms with Gasteiger partial charge in [-0.25, -0.2) is 0 Å². The average molecular weight is 262 g/mol. The summed E-state index contributed by atoms with van der Waals surface area (Å²) in [5.41, 5.74) is 8.34. The van der Waals surface area contributed by atoms with Crippen molar-refractivity contribution in [3.8, 4) is 0 Å². The summed E-state index contributed by atoms with van der Waals surface area (Å²) in [6.07, 6.45) is 5.26. The third-order valence-corrected chi connectivity index (χ3v) is 4.37. The minimum atomic E-state index is 1.000. The second kappa shape index (κ2) is 4.88. The molecule has 0 radical (unpaired) electrons. The molecule has 1 aliphatic carbocycles. The Morgan fingerprint density at radius 2 is 1.75 bits per heavy atom. The van der Waals surface area contributed by atoms with Gasteiger partial charge in [-0.1, -0.05) is 30.3 Å². The maximum atomic E-state index is 4.72. The predicted octanol–water partition coefficient (Wildman–Crippen LogP) is 2.98. The van der Waals surface area contributed by atoms with E-state index >= 15 is 0 Å². The van der Waals surface area contributed by atoms with Crippen molar-refractivity contribution in [1.82, 2.24) is 10.3 Å². The molecule has 1 N–H and O–H groups in total. The highest BCUT2D eigenvalue weighted by Crippen LogP contribution is 2.35. The van der Waals surface area contributed by atoms with Crippen LogP contribution >= 0.6 is 0 Å². The van der Waals surface area contributed by atoms with Crippen molar-refractivity contribution in [3.63, 3.8) is 0 Å². The van der Waals surface area contributed by atoms with E-state index in [1.807, 2.05) is 6.20 Å². The number of rotatable bonds is 0. The second-order valence-electron chi connectivity index (χ2n) is 5.57. The summed E-state index contributed by atoms with van der Waals surface area (Å²) in [4.78, 5) is 4.72. The van der Waals surface area contributed by atoms with Crippen molar-refractivity contribution in [2.75, 3.05) is 13.1 Å². The van der Waals surface area contributed by atoms with E-state index in [0.717, 1.165) is 32.4 Å². The molecule has 20 heavy (non-hydrogen) atoms. The number of aryl methyl sites for hydroxylation is 2. The zero-order chi connectivity index (χ0) is 13.4. The number of nitrogens with one attached hydrogen (secondary N) is 1. The van der Waals surface area contributed by atoms with Crippen LogP contribution < -0.4 is 5.32 Å². The van der Waals surface area contributed by atoms with Crippen LogP contribution in [0.2, 0.25) is 0 Å². The van der Waals surface area contributed by atoms with Crippen LogP contribution in [0, 0.1) is 0 Å². The van der Waals surface area contributed by atoms with Crippen molar-refractivity contribution >= 4 is 5.57 Å². The van der Waals surface area contributed by atoms with Crippen LogP contribution in [-0.4, -0.2) is 18.1 Å². The lowest BCUT2D eigenvalue weighted by Crippen LogP contribution is -2.06. The monoisotopic (exact) mass is 262 g/mol. The van der Waals surface area contributed by atoms with Crippen molar-refractivity contribution in [2.45, 2.75) is 19.3 Å². The van der Waals surface area contributed by atoms with Crippen molar-refractivity contribution in [2.24, 2.45) is 0 Å². The van der Waals surface area contributed by atoms with Gasteiger partial charge in [0, 0.05) is 18.3 Å². The highest BCUT2D eigenvalue weighted by Gasteiger charge is 2.23. The van der Waals surface area contributed by atoms with Gasteiger partial charge < -0.3 is 5.32 Å². The number of benzene rings is 1. The standard InChI is InChI=1S/C18H18N2/c1-2-6-16-13(4-1)7-8-14-5-3-10-20-18(14)17(16)15-9-11-19-12-15/h1-6,10,19H,7-9,11-12H2/b17-15+. The van der Waals surface area contributed by atoms with Gasteiger partial charge >= 0.3 is 0 Å². The second-order valence-corrected chi connectivity index (χ2v) is 5.57.